The molecular weight excluding hydrogens is 398 g/mol. The van der Waals surface area contributed by atoms with Crippen molar-refractivity contribution in [3.63, 3.8) is 0 Å². The van der Waals surface area contributed by atoms with E-state index in [0.717, 1.165) is 16.6 Å². The predicted octanol–water partition coefficient (Wildman–Crippen LogP) is 4.92. The van der Waals surface area contributed by atoms with Crippen LogP contribution in [0.15, 0.2) is 40.2 Å². The summed E-state index contributed by atoms with van der Waals surface area (Å²) in [5.41, 5.74) is 2.49. The molecule has 4 rings (SSSR count). The van der Waals surface area contributed by atoms with E-state index in [1.165, 1.54) is 29.5 Å². The molecule has 0 saturated carbocycles. The normalized spacial score (nSPS) is 28.9. The fraction of sp³-hybridized carbons (Fsp3) is 0.450. The Morgan fingerprint density at radius 2 is 1.96 bits per heavy atom. The number of piperidine rings is 1. The van der Waals surface area contributed by atoms with E-state index in [2.05, 4.69) is 64.3 Å². The van der Waals surface area contributed by atoms with Crippen LogP contribution >= 0.6 is 27.3 Å². The van der Waals surface area contributed by atoms with Gasteiger partial charge in [-0.1, -0.05) is 24.3 Å². The lowest BCUT2D eigenvalue weighted by atomic mass is 9.76. The summed E-state index contributed by atoms with van der Waals surface area (Å²) in [6.07, 6.45) is 3.32. The largest absolute Gasteiger partial charge is 0.469 e. The zero-order valence-corrected chi connectivity index (χ0v) is 16.8. The molecule has 2 aliphatic heterocycles. The predicted molar refractivity (Wildman–Crippen MR) is 105 cm³/mol. The molecule has 25 heavy (non-hydrogen) atoms. The highest BCUT2D eigenvalue weighted by Crippen LogP contribution is 2.47. The summed E-state index contributed by atoms with van der Waals surface area (Å²) in [5.74, 6) is 0.134. The molecule has 3 heterocycles. The number of ether oxygens (including phenoxy) is 1. The number of esters is 1. The molecule has 132 valence electrons. The molecule has 2 fully saturated rings. The van der Waals surface area contributed by atoms with Crippen LogP contribution in [0, 0.1) is 5.92 Å². The third-order valence-corrected chi connectivity index (χ3v) is 7.61. The Morgan fingerprint density at radius 3 is 2.60 bits per heavy atom. The van der Waals surface area contributed by atoms with Crippen LogP contribution in [0.4, 0.5) is 0 Å². The van der Waals surface area contributed by atoms with E-state index in [4.69, 9.17) is 4.74 Å². The van der Waals surface area contributed by atoms with Crippen molar-refractivity contribution in [1.82, 2.24) is 4.90 Å². The Morgan fingerprint density at radius 1 is 1.20 bits per heavy atom. The van der Waals surface area contributed by atoms with Crippen LogP contribution in [-0.4, -0.2) is 37.1 Å². The average Bonchev–Trinajstić information content (AvgIpc) is 3.14. The number of carbonyl (C=O) groups is 1. The summed E-state index contributed by atoms with van der Waals surface area (Å²) in [6, 6.07) is 13.9. The van der Waals surface area contributed by atoms with Crippen molar-refractivity contribution >= 4 is 33.2 Å². The molecule has 0 amide bonds. The SMILES string of the molecule is COC(=O)[C@@H]1C2CCC(C[C@@H]1c1ccc(-c3ccc(Br)s3)cc1)N2C. The lowest BCUT2D eigenvalue weighted by Gasteiger charge is -2.41. The summed E-state index contributed by atoms with van der Waals surface area (Å²) in [4.78, 5) is 16.2. The smallest absolute Gasteiger partial charge is 0.310 e. The summed E-state index contributed by atoms with van der Waals surface area (Å²) < 4.78 is 6.31. The first-order chi connectivity index (χ1) is 12.1. The van der Waals surface area contributed by atoms with E-state index in [-0.39, 0.29) is 17.8 Å². The van der Waals surface area contributed by atoms with Crippen molar-refractivity contribution in [2.45, 2.75) is 37.3 Å². The monoisotopic (exact) mass is 419 g/mol. The molecule has 0 N–H and O–H groups in total. The Balaban J connectivity index is 1.64. The van der Waals surface area contributed by atoms with Gasteiger partial charge >= 0.3 is 5.97 Å². The van der Waals surface area contributed by atoms with Crippen molar-refractivity contribution in [1.29, 1.82) is 0 Å². The minimum absolute atomic E-state index is 0.0597. The Labute approximate surface area is 161 Å². The number of rotatable bonds is 3. The number of thiophene rings is 1. The maximum atomic E-state index is 12.5. The minimum atomic E-state index is -0.0616. The van der Waals surface area contributed by atoms with Crippen LogP contribution in [0.3, 0.4) is 0 Å². The van der Waals surface area contributed by atoms with Crippen molar-refractivity contribution in [2.75, 3.05) is 14.2 Å². The summed E-state index contributed by atoms with van der Waals surface area (Å²) in [7, 11) is 3.67. The molecule has 2 aliphatic rings. The van der Waals surface area contributed by atoms with Crippen molar-refractivity contribution in [2.24, 2.45) is 5.92 Å². The zero-order chi connectivity index (χ0) is 17.6. The average molecular weight is 420 g/mol. The van der Waals surface area contributed by atoms with E-state index in [1.807, 2.05) is 0 Å². The van der Waals surface area contributed by atoms with E-state index in [1.54, 1.807) is 11.3 Å². The number of nitrogens with zero attached hydrogens (tertiary/aromatic N) is 1. The van der Waals surface area contributed by atoms with Crippen LogP contribution < -0.4 is 0 Å². The lowest BCUT2D eigenvalue weighted by Crippen LogP contribution is -2.49. The second-order valence-electron chi connectivity index (χ2n) is 7.08. The van der Waals surface area contributed by atoms with Gasteiger partial charge in [0.15, 0.2) is 0 Å². The van der Waals surface area contributed by atoms with Gasteiger partial charge in [0.1, 0.15) is 0 Å². The lowest BCUT2D eigenvalue weighted by molar-refractivity contribution is -0.150. The second-order valence-corrected chi connectivity index (χ2v) is 9.54. The number of hydrogen-bond donors (Lipinski definition) is 0. The first-order valence-electron chi connectivity index (χ1n) is 8.74. The van der Waals surface area contributed by atoms with E-state index < -0.39 is 0 Å². The van der Waals surface area contributed by atoms with Gasteiger partial charge in [0, 0.05) is 22.9 Å². The molecule has 2 bridgehead atoms. The number of hydrogen-bond acceptors (Lipinski definition) is 4. The fourth-order valence-electron chi connectivity index (χ4n) is 4.63. The van der Waals surface area contributed by atoms with Crippen LogP contribution in [0.5, 0.6) is 0 Å². The van der Waals surface area contributed by atoms with E-state index in [9.17, 15) is 4.79 Å². The first kappa shape index (κ1) is 17.3. The molecule has 2 unspecified atom stereocenters. The number of methoxy groups -OCH3 is 1. The number of halogens is 1. The van der Waals surface area contributed by atoms with Gasteiger partial charge < -0.3 is 4.74 Å². The molecule has 3 nitrogen and oxygen atoms in total. The Bertz CT molecular complexity index is 772. The van der Waals surface area contributed by atoms with Gasteiger partial charge in [-0.3, -0.25) is 9.69 Å². The van der Waals surface area contributed by atoms with Crippen molar-refractivity contribution in [3.05, 3.63) is 45.7 Å². The fourth-order valence-corrected chi connectivity index (χ4v) is 6.02. The van der Waals surface area contributed by atoms with Crippen molar-refractivity contribution < 1.29 is 9.53 Å². The molecule has 0 spiro atoms. The standard InChI is InChI=1S/C20H22BrNO2S/c1-22-14-7-8-16(22)19(20(23)24-2)15(11-14)12-3-5-13(6-4-12)17-9-10-18(21)25-17/h3-6,9-10,14-16,19H,7-8,11H2,1-2H3/t14?,15-,16?,19+/m1/s1. The van der Waals surface area contributed by atoms with Gasteiger partial charge in [-0.05, 0) is 65.5 Å². The van der Waals surface area contributed by atoms with Gasteiger partial charge in [-0.25, -0.2) is 0 Å². The van der Waals surface area contributed by atoms with Crippen LogP contribution in [0.1, 0.15) is 30.7 Å². The highest BCUT2D eigenvalue weighted by atomic mass is 79.9. The maximum absolute atomic E-state index is 12.5. The first-order valence-corrected chi connectivity index (χ1v) is 10.3. The van der Waals surface area contributed by atoms with Crippen molar-refractivity contribution in [3.8, 4) is 10.4 Å². The maximum Gasteiger partial charge on any atom is 0.310 e. The minimum Gasteiger partial charge on any atom is -0.469 e. The third-order valence-electron chi connectivity index (χ3n) is 5.94. The Hall–Kier alpha value is -1.17. The molecule has 1 aromatic carbocycles. The molecule has 5 heteroatoms. The van der Waals surface area contributed by atoms with Crippen LogP contribution in [0.2, 0.25) is 0 Å². The Kier molecular flexibility index (Phi) is 4.73. The van der Waals surface area contributed by atoms with Crippen LogP contribution in [0.25, 0.3) is 10.4 Å². The third kappa shape index (κ3) is 3.07. The van der Waals surface area contributed by atoms with Gasteiger partial charge in [-0.15, -0.1) is 11.3 Å². The number of carbonyl (C=O) groups excluding carboxylic acids is 1. The van der Waals surface area contributed by atoms with Gasteiger partial charge in [-0.2, -0.15) is 0 Å². The highest BCUT2D eigenvalue weighted by Gasteiger charge is 2.49. The topological polar surface area (TPSA) is 29.5 Å². The van der Waals surface area contributed by atoms with Gasteiger partial charge in [0.25, 0.3) is 0 Å². The summed E-state index contributed by atoms with van der Waals surface area (Å²) in [5, 5.41) is 0. The molecule has 2 saturated heterocycles. The van der Waals surface area contributed by atoms with E-state index >= 15 is 0 Å². The molecule has 2 aromatic rings. The highest BCUT2D eigenvalue weighted by molar-refractivity contribution is 9.11. The summed E-state index contributed by atoms with van der Waals surface area (Å²) >= 11 is 5.26. The summed E-state index contributed by atoms with van der Waals surface area (Å²) in [6.45, 7) is 0. The molecular formula is C20H22BrNO2S. The quantitative estimate of drug-likeness (QED) is 0.661. The molecule has 0 radical (unpaired) electrons. The van der Waals surface area contributed by atoms with Crippen LogP contribution in [-0.2, 0) is 9.53 Å². The number of benzene rings is 1. The molecule has 4 atom stereocenters. The molecule has 0 aliphatic carbocycles. The second kappa shape index (κ2) is 6.86. The van der Waals surface area contributed by atoms with Gasteiger partial charge in [0.2, 0.25) is 0 Å². The van der Waals surface area contributed by atoms with E-state index in [0.29, 0.717) is 12.1 Å². The number of fused-ring (bicyclic) bond motifs is 2. The van der Waals surface area contributed by atoms with Gasteiger partial charge in [0.05, 0.1) is 16.8 Å². The molecule has 1 aromatic heterocycles. The zero-order valence-electron chi connectivity index (χ0n) is 14.4.